The van der Waals surface area contributed by atoms with Crippen LogP contribution in [0.5, 0.6) is 0 Å². The van der Waals surface area contributed by atoms with E-state index in [0.717, 1.165) is 39.0 Å². The lowest BCUT2D eigenvalue weighted by Gasteiger charge is -2.40. The predicted molar refractivity (Wildman–Crippen MR) is 96.8 cm³/mol. The first-order valence-corrected chi connectivity index (χ1v) is 9.56. The van der Waals surface area contributed by atoms with E-state index in [1.807, 2.05) is 17.9 Å². The van der Waals surface area contributed by atoms with E-state index in [1.165, 1.54) is 0 Å². The Hall–Kier alpha value is -1.11. The fourth-order valence-corrected chi connectivity index (χ4v) is 3.68. The molecule has 1 saturated heterocycles. The molecule has 0 radical (unpaired) electrons. The minimum atomic E-state index is -0.416. The van der Waals surface area contributed by atoms with Crippen molar-refractivity contribution in [1.82, 2.24) is 9.80 Å². The average Bonchev–Trinajstić information content (AvgIpc) is 2.60. The maximum absolute atomic E-state index is 12.9. The molecule has 0 spiro atoms. The Bertz CT molecular complexity index is 458. The molecule has 0 aromatic heterocycles. The van der Waals surface area contributed by atoms with E-state index in [4.69, 9.17) is 9.47 Å². The molecule has 0 unspecified atom stereocenters. The van der Waals surface area contributed by atoms with Gasteiger partial charge in [0.2, 0.25) is 6.29 Å². The summed E-state index contributed by atoms with van der Waals surface area (Å²) in [6.45, 7) is 10.2. The van der Waals surface area contributed by atoms with Crippen molar-refractivity contribution >= 4 is 5.91 Å². The Labute approximate surface area is 151 Å². The van der Waals surface area contributed by atoms with E-state index >= 15 is 0 Å². The van der Waals surface area contributed by atoms with Gasteiger partial charge in [-0.15, -0.1) is 0 Å². The molecule has 2 heterocycles. The molecule has 2 aliphatic heterocycles. The second-order valence-electron chi connectivity index (χ2n) is 7.42. The van der Waals surface area contributed by atoms with Crippen LogP contribution in [0, 0.1) is 17.8 Å². The van der Waals surface area contributed by atoms with Gasteiger partial charge in [0.05, 0.1) is 0 Å². The quantitative estimate of drug-likeness (QED) is 0.754. The second kappa shape index (κ2) is 9.55. The number of ether oxygens (including phenoxy) is 2. The van der Waals surface area contributed by atoms with Gasteiger partial charge in [-0.05, 0) is 44.7 Å². The Morgan fingerprint density at radius 3 is 2.60 bits per heavy atom. The number of amides is 1. The fourth-order valence-electron chi connectivity index (χ4n) is 3.68. The van der Waals surface area contributed by atoms with Crippen molar-refractivity contribution in [2.24, 2.45) is 17.8 Å². The van der Waals surface area contributed by atoms with Crippen LogP contribution in [0.15, 0.2) is 11.8 Å². The lowest BCUT2D eigenvalue weighted by Crippen LogP contribution is -2.49. The first kappa shape index (κ1) is 20.2. The first-order valence-electron chi connectivity index (χ1n) is 9.56. The largest absolute Gasteiger partial charge is 0.459 e. The van der Waals surface area contributed by atoms with E-state index in [1.54, 1.807) is 0 Å². The summed E-state index contributed by atoms with van der Waals surface area (Å²) in [5.74, 6) is 1.16. The van der Waals surface area contributed by atoms with Crippen molar-refractivity contribution < 1.29 is 19.4 Å². The highest BCUT2D eigenvalue weighted by Crippen LogP contribution is 2.37. The molecule has 0 aromatic rings. The summed E-state index contributed by atoms with van der Waals surface area (Å²) in [5, 5.41) is 9.21. The highest BCUT2D eigenvalue weighted by Gasteiger charge is 2.39. The molecule has 1 fully saturated rings. The van der Waals surface area contributed by atoms with Gasteiger partial charge in [0.1, 0.15) is 0 Å². The van der Waals surface area contributed by atoms with Gasteiger partial charge in [-0.2, -0.15) is 0 Å². The third-order valence-corrected chi connectivity index (χ3v) is 5.23. The number of aliphatic hydroxyl groups is 1. The van der Waals surface area contributed by atoms with Crippen molar-refractivity contribution in [1.29, 1.82) is 0 Å². The van der Waals surface area contributed by atoms with Crippen molar-refractivity contribution in [2.75, 3.05) is 46.4 Å². The van der Waals surface area contributed by atoms with Crippen LogP contribution in [0.2, 0.25) is 0 Å². The number of piperazine rings is 1. The van der Waals surface area contributed by atoms with Gasteiger partial charge in [0, 0.05) is 45.3 Å². The first-order chi connectivity index (χ1) is 12.0. The number of rotatable bonds is 7. The van der Waals surface area contributed by atoms with Gasteiger partial charge >= 0.3 is 0 Å². The summed E-state index contributed by atoms with van der Waals surface area (Å²) in [7, 11) is 2.07. The summed E-state index contributed by atoms with van der Waals surface area (Å²) in [5.41, 5.74) is 0. The zero-order chi connectivity index (χ0) is 18.4. The van der Waals surface area contributed by atoms with Crippen molar-refractivity contribution in [3.8, 4) is 0 Å². The number of hydrogen-bond donors (Lipinski definition) is 1. The number of hydrogen-bond acceptors (Lipinski definition) is 5. The number of likely N-dealkylation sites (N-methyl/N-ethyl adjacent to an activating group) is 1. The van der Waals surface area contributed by atoms with Crippen molar-refractivity contribution in [2.45, 2.75) is 39.9 Å². The van der Waals surface area contributed by atoms with Gasteiger partial charge in [0.15, 0.2) is 5.76 Å². The van der Waals surface area contributed by atoms with Crippen LogP contribution in [-0.4, -0.2) is 73.5 Å². The summed E-state index contributed by atoms with van der Waals surface area (Å²) >= 11 is 0. The molecule has 0 aromatic carbocycles. The third kappa shape index (κ3) is 5.19. The Morgan fingerprint density at radius 2 is 2.04 bits per heavy atom. The van der Waals surface area contributed by atoms with Gasteiger partial charge in [-0.3, -0.25) is 4.79 Å². The predicted octanol–water partition coefficient (Wildman–Crippen LogP) is 1.70. The minimum absolute atomic E-state index is 0.0240. The van der Waals surface area contributed by atoms with Crippen LogP contribution in [-0.2, 0) is 14.3 Å². The Kier molecular flexibility index (Phi) is 7.72. The molecule has 25 heavy (non-hydrogen) atoms. The van der Waals surface area contributed by atoms with E-state index in [2.05, 4.69) is 25.8 Å². The van der Waals surface area contributed by atoms with E-state index in [0.29, 0.717) is 18.3 Å². The topological polar surface area (TPSA) is 62.2 Å². The van der Waals surface area contributed by atoms with E-state index in [-0.39, 0.29) is 24.3 Å². The van der Waals surface area contributed by atoms with Crippen LogP contribution < -0.4 is 0 Å². The highest BCUT2D eigenvalue weighted by atomic mass is 16.7. The monoisotopic (exact) mass is 354 g/mol. The molecular weight excluding hydrogens is 320 g/mol. The maximum atomic E-state index is 12.9. The summed E-state index contributed by atoms with van der Waals surface area (Å²) in [6.07, 6.45) is 3.14. The fraction of sp³-hybridized carbons (Fsp3) is 0.842. The van der Waals surface area contributed by atoms with Gasteiger partial charge in [0.25, 0.3) is 5.91 Å². The molecule has 0 saturated carbocycles. The molecule has 3 atom stereocenters. The van der Waals surface area contributed by atoms with Crippen molar-refractivity contribution in [3.05, 3.63) is 11.8 Å². The summed E-state index contributed by atoms with van der Waals surface area (Å²) in [4.78, 5) is 17.0. The zero-order valence-corrected chi connectivity index (χ0v) is 16.1. The van der Waals surface area contributed by atoms with E-state index in [9.17, 15) is 9.90 Å². The van der Waals surface area contributed by atoms with Gasteiger partial charge < -0.3 is 24.4 Å². The SMILES string of the molecule is CCO[C@@H]1OC(C(=O)N2CCN(C)CC2)=C[C@H](C(C)C)[C@H]1CCCO. The molecule has 2 rings (SSSR count). The molecule has 0 bridgehead atoms. The van der Waals surface area contributed by atoms with E-state index < -0.39 is 6.29 Å². The number of allylic oxidation sites excluding steroid dienone is 1. The van der Waals surface area contributed by atoms with Crippen LogP contribution in [0.3, 0.4) is 0 Å². The Morgan fingerprint density at radius 1 is 1.36 bits per heavy atom. The number of nitrogens with zero attached hydrogens (tertiary/aromatic N) is 2. The van der Waals surface area contributed by atoms with Crippen LogP contribution in [0.25, 0.3) is 0 Å². The number of carbonyl (C=O) groups excluding carboxylic acids is 1. The second-order valence-corrected chi connectivity index (χ2v) is 7.42. The summed E-state index contributed by atoms with van der Waals surface area (Å²) < 4.78 is 11.8. The van der Waals surface area contributed by atoms with Crippen LogP contribution in [0.4, 0.5) is 0 Å². The smallest absolute Gasteiger partial charge is 0.288 e. The molecule has 6 nitrogen and oxygen atoms in total. The minimum Gasteiger partial charge on any atom is -0.459 e. The number of carbonyl (C=O) groups is 1. The average molecular weight is 354 g/mol. The standard InChI is InChI=1S/C19H34N2O4/c1-5-24-19-15(7-6-12-22)16(14(2)3)13-17(25-19)18(23)21-10-8-20(4)9-11-21/h13-16,19,22H,5-12H2,1-4H3/t15-,16-,19-/m1/s1. The molecule has 0 aliphatic carbocycles. The van der Waals surface area contributed by atoms with Crippen molar-refractivity contribution in [3.63, 3.8) is 0 Å². The molecule has 6 heteroatoms. The molecule has 144 valence electrons. The normalized spacial score (nSPS) is 28.0. The van der Waals surface area contributed by atoms with Gasteiger partial charge in [-0.1, -0.05) is 13.8 Å². The van der Waals surface area contributed by atoms with Gasteiger partial charge in [-0.25, -0.2) is 0 Å². The highest BCUT2D eigenvalue weighted by molar-refractivity contribution is 5.91. The molecule has 1 amide bonds. The lowest BCUT2D eigenvalue weighted by molar-refractivity contribution is -0.178. The third-order valence-electron chi connectivity index (χ3n) is 5.23. The molecule has 2 aliphatic rings. The summed E-state index contributed by atoms with van der Waals surface area (Å²) in [6, 6.07) is 0. The lowest BCUT2D eigenvalue weighted by atomic mass is 9.78. The molecular formula is C19H34N2O4. The Balaban J connectivity index is 2.17. The number of aliphatic hydroxyl groups excluding tert-OH is 1. The molecule has 1 N–H and O–H groups in total. The maximum Gasteiger partial charge on any atom is 0.288 e. The van der Waals surface area contributed by atoms with Crippen LogP contribution in [0.1, 0.15) is 33.6 Å². The zero-order valence-electron chi connectivity index (χ0n) is 16.1. The van der Waals surface area contributed by atoms with Crippen LogP contribution >= 0.6 is 0 Å².